The SMILES string of the molecule is CC/C=C\C/C=C\C/C=C\C/C=C\CCCCCCC(=O)OC[C@H](COP(=O)(O)OCCN)O/C=C\CCCCCCCC/C=C\CCCCCC. The van der Waals surface area contributed by atoms with Crippen LogP contribution in [0.2, 0.25) is 0 Å². The molecule has 3 N–H and O–H groups in total. The Morgan fingerprint density at radius 2 is 1.10 bits per heavy atom. The summed E-state index contributed by atoms with van der Waals surface area (Å²) in [5.74, 6) is -0.318. The Balaban J connectivity index is 4.18. The van der Waals surface area contributed by atoms with Crippen LogP contribution in [0.3, 0.4) is 0 Å². The van der Waals surface area contributed by atoms with Gasteiger partial charge in [-0.1, -0.05) is 132 Å². The molecule has 8 nitrogen and oxygen atoms in total. The first-order chi connectivity index (χ1) is 25.4. The lowest BCUT2D eigenvalue weighted by Gasteiger charge is -2.19. The summed E-state index contributed by atoms with van der Waals surface area (Å²) in [6.07, 6.45) is 50.1. The summed E-state index contributed by atoms with van der Waals surface area (Å²) in [6, 6.07) is 0. The lowest BCUT2D eigenvalue weighted by Crippen LogP contribution is -2.25. The van der Waals surface area contributed by atoms with Gasteiger partial charge in [-0.3, -0.25) is 13.8 Å². The van der Waals surface area contributed by atoms with Crippen molar-refractivity contribution in [1.82, 2.24) is 0 Å². The van der Waals surface area contributed by atoms with Gasteiger partial charge in [0.1, 0.15) is 6.61 Å². The van der Waals surface area contributed by atoms with E-state index in [4.69, 9.17) is 24.3 Å². The van der Waals surface area contributed by atoms with Crippen LogP contribution >= 0.6 is 7.82 Å². The van der Waals surface area contributed by atoms with Crippen LogP contribution in [0.5, 0.6) is 0 Å². The second-order valence-corrected chi connectivity index (χ2v) is 14.6. The zero-order chi connectivity index (χ0) is 38.1. The topological polar surface area (TPSA) is 117 Å². The molecule has 9 heteroatoms. The molecular weight excluding hydrogens is 673 g/mol. The van der Waals surface area contributed by atoms with Gasteiger partial charge in [0.15, 0.2) is 6.10 Å². The lowest BCUT2D eigenvalue weighted by molar-refractivity contribution is -0.147. The van der Waals surface area contributed by atoms with Crippen LogP contribution in [0.4, 0.5) is 0 Å². The van der Waals surface area contributed by atoms with Crippen molar-refractivity contribution in [3.63, 3.8) is 0 Å². The molecule has 0 aromatic heterocycles. The fraction of sp³-hybridized carbons (Fsp3) is 0.698. The number of phosphoric ester groups is 1. The maximum absolute atomic E-state index is 12.4. The first-order valence-corrected chi connectivity index (χ1v) is 22.0. The number of esters is 1. The van der Waals surface area contributed by atoms with Crippen molar-refractivity contribution in [2.45, 2.75) is 168 Å². The predicted octanol–water partition coefficient (Wildman–Crippen LogP) is 12.3. The van der Waals surface area contributed by atoms with Crippen molar-refractivity contribution < 1.29 is 32.8 Å². The van der Waals surface area contributed by atoms with E-state index in [1.54, 1.807) is 6.26 Å². The molecule has 1 unspecified atom stereocenters. The van der Waals surface area contributed by atoms with Gasteiger partial charge in [-0.2, -0.15) is 0 Å². The Morgan fingerprint density at radius 1 is 0.615 bits per heavy atom. The molecular formula is C43H76NO7P. The molecule has 0 radical (unpaired) electrons. The van der Waals surface area contributed by atoms with E-state index in [1.165, 1.54) is 70.6 Å². The highest BCUT2D eigenvalue weighted by atomic mass is 31.2. The Hall–Kier alpha value is -2.22. The van der Waals surface area contributed by atoms with Gasteiger partial charge in [0, 0.05) is 13.0 Å². The van der Waals surface area contributed by atoms with Gasteiger partial charge in [-0.25, -0.2) is 4.57 Å². The van der Waals surface area contributed by atoms with Gasteiger partial charge in [0.25, 0.3) is 0 Å². The number of rotatable bonds is 38. The standard InChI is InChI=1S/C43H76NO7P/c1-3-5-7-9-11-13-15-17-19-21-22-24-26-28-30-32-34-36-43(45)49-40-42(41-51-52(46,47)50-39-37-44)48-38-35-33-31-29-27-25-23-20-18-16-14-12-10-8-6-4-2/h5,7,11,13-14,16-17,19,22,24,35,38,42H,3-4,6,8-10,12,15,18,20-21,23,25-34,36-37,39-41,44H2,1-2H3,(H,46,47)/b7-5-,13-11-,16-14-,19-17-,24-22-,38-35-/t42-/m1/s1. The smallest absolute Gasteiger partial charge is 0.472 e. The average molecular weight is 750 g/mol. The van der Waals surface area contributed by atoms with Crippen LogP contribution in [-0.4, -0.2) is 43.3 Å². The Labute approximate surface area is 318 Å². The normalized spacial score (nSPS) is 14.2. The zero-order valence-corrected chi connectivity index (χ0v) is 33.9. The first kappa shape index (κ1) is 49.8. The molecule has 0 aromatic rings. The van der Waals surface area contributed by atoms with E-state index in [1.807, 2.05) is 6.08 Å². The van der Waals surface area contributed by atoms with E-state index >= 15 is 0 Å². The Morgan fingerprint density at radius 3 is 1.65 bits per heavy atom. The van der Waals surface area contributed by atoms with Crippen molar-refractivity contribution in [3.8, 4) is 0 Å². The maximum Gasteiger partial charge on any atom is 0.472 e. The highest BCUT2D eigenvalue weighted by Crippen LogP contribution is 2.43. The van der Waals surface area contributed by atoms with Crippen LogP contribution in [-0.2, 0) is 27.9 Å². The first-order valence-electron chi connectivity index (χ1n) is 20.5. The second kappa shape index (κ2) is 40.0. The molecule has 0 rings (SSSR count). The van der Waals surface area contributed by atoms with E-state index in [9.17, 15) is 14.3 Å². The monoisotopic (exact) mass is 750 g/mol. The molecule has 0 spiro atoms. The van der Waals surface area contributed by atoms with Crippen molar-refractivity contribution in [2.24, 2.45) is 5.73 Å². The highest BCUT2D eigenvalue weighted by molar-refractivity contribution is 7.47. The Bertz CT molecular complexity index is 1020. The van der Waals surface area contributed by atoms with Crippen molar-refractivity contribution in [3.05, 3.63) is 73.1 Å². The highest BCUT2D eigenvalue weighted by Gasteiger charge is 2.24. The quantitative estimate of drug-likeness (QED) is 0.0211. The van der Waals surface area contributed by atoms with E-state index < -0.39 is 13.9 Å². The van der Waals surface area contributed by atoms with E-state index in [-0.39, 0.29) is 32.3 Å². The number of carbonyl (C=O) groups is 1. The van der Waals surface area contributed by atoms with Crippen LogP contribution < -0.4 is 5.73 Å². The molecule has 0 aliphatic rings. The molecule has 0 saturated carbocycles. The predicted molar refractivity (Wildman–Crippen MR) is 219 cm³/mol. The van der Waals surface area contributed by atoms with E-state index in [0.717, 1.165) is 70.6 Å². The van der Waals surface area contributed by atoms with Gasteiger partial charge in [-0.15, -0.1) is 0 Å². The number of nitrogens with two attached hydrogens (primary N) is 1. The van der Waals surface area contributed by atoms with Crippen molar-refractivity contribution in [1.29, 1.82) is 0 Å². The average Bonchev–Trinajstić information content (AvgIpc) is 3.14. The van der Waals surface area contributed by atoms with Gasteiger partial charge >= 0.3 is 13.8 Å². The van der Waals surface area contributed by atoms with Gasteiger partial charge in [0.05, 0.1) is 19.5 Å². The van der Waals surface area contributed by atoms with Crippen LogP contribution in [0.25, 0.3) is 0 Å². The number of hydrogen-bond acceptors (Lipinski definition) is 7. The molecule has 0 fully saturated rings. The van der Waals surface area contributed by atoms with Crippen LogP contribution in [0, 0.1) is 0 Å². The number of hydrogen-bond donors (Lipinski definition) is 2. The summed E-state index contributed by atoms with van der Waals surface area (Å²) in [5, 5.41) is 0. The minimum Gasteiger partial charge on any atom is -0.492 e. The molecule has 52 heavy (non-hydrogen) atoms. The number of allylic oxidation sites excluding steroid dienone is 11. The third-order valence-corrected chi connectivity index (χ3v) is 9.18. The van der Waals surface area contributed by atoms with Gasteiger partial charge in [0.2, 0.25) is 0 Å². The molecule has 0 aromatic carbocycles. The number of phosphoric acid groups is 1. The minimum absolute atomic E-state index is 0.0834. The molecule has 2 atom stereocenters. The third-order valence-electron chi connectivity index (χ3n) is 8.20. The molecule has 0 heterocycles. The summed E-state index contributed by atoms with van der Waals surface area (Å²) >= 11 is 0. The molecule has 0 aliphatic heterocycles. The largest absolute Gasteiger partial charge is 0.492 e. The molecule has 0 amide bonds. The maximum atomic E-state index is 12.4. The van der Waals surface area contributed by atoms with Crippen molar-refractivity contribution in [2.75, 3.05) is 26.4 Å². The van der Waals surface area contributed by atoms with Gasteiger partial charge < -0.3 is 20.1 Å². The molecule has 300 valence electrons. The number of unbranched alkanes of at least 4 members (excludes halogenated alkanes) is 15. The summed E-state index contributed by atoms with van der Waals surface area (Å²) in [7, 11) is -4.28. The summed E-state index contributed by atoms with van der Waals surface area (Å²) < 4.78 is 33.1. The zero-order valence-electron chi connectivity index (χ0n) is 33.0. The third kappa shape index (κ3) is 39.0. The van der Waals surface area contributed by atoms with Crippen LogP contribution in [0.15, 0.2) is 73.1 Å². The summed E-state index contributed by atoms with van der Waals surface area (Å²) in [5.41, 5.74) is 5.36. The van der Waals surface area contributed by atoms with Gasteiger partial charge in [-0.05, 0) is 89.5 Å². The molecule has 0 saturated heterocycles. The van der Waals surface area contributed by atoms with Crippen molar-refractivity contribution >= 4 is 13.8 Å². The summed E-state index contributed by atoms with van der Waals surface area (Å²) in [6.45, 7) is 4.04. The number of carbonyl (C=O) groups excluding carboxylic acids is 1. The van der Waals surface area contributed by atoms with Crippen LogP contribution in [0.1, 0.15) is 162 Å². The lowest BCUT2D eigenvalue weighted by atomic mass is 10.1. The Kier molecular flexibility index (Phi) is 38.3. The fourth-order valence-corrected chi connectivity index (χ4v) is 5.91. The fourth-order valence-electron chi connectivity index (χ4n) is 5.14. The van der Waals surface area contributed by atoms with E-state index in [2.05, 4.69) is 74.6 Å². The number of ether oxygens (including phenoxy) is 2. The molecule has 0 aliphatic carbocycles. The molecule has 0 bridgehead atoms. The second-order valence-electron chi connectivity index (χ2n) is 13.2. The summed E-state index contributed by atoms with van der Waals surface area (Å²) in [4.78, 5) is 22.2. The van der Waals surface area contributed by atoms with E-state index in [0.29, 0.717) is 6.42 Å². The minimum atomic E-state index is -4.28.